The van der Waals surface area contributed by atoms with Gasteiger partial charge in [0, 0.05) is 25.6 Å². The number of nitriles is 1. The SMILES string of the molecule is C[C@@H](Nc1cc(-c2cnc(NC(=O)C3CC3)cn2)ccc1C#N)C(=O)N(C)C. The zero-order chi connectivity index (χ0) is 20.3. The summed E-state index contributed by atoms with van der Waals surface area (Å²) in [6.07, 6.45) is 4.93. The van der Waals surface area contributed by atoms with Crippen LogP contribution >= 0.6 is 0 Å². The molecule has 0 saturated heterocycles. The van der Waals surface area contributed by atoms with Gasteiger partial charge in [-0.15, -0.1) is 0 Å². The number of carbonyl (C=O) groups excluding carboxylic acids is 2. The summed E-state index contributed by atoms with van der Waals surface area (Å²) in [5.41, 5.74) is 2.33. The fourth-order valence-electron chi connectivity index (χ4n) is 2.72. The van der Waals surface area contributed by atoms with Crippen LogP contribution in [0, 0.1) is 17.2 Å². The second-order valence-electron chi connectivity index (χ2n) is 7.02. The fourth-order valence-corrected chi connectivity index (χ4v) is 2.72. The van der Waals surface area contributed by atoms with E-state index in [9.17, 15) is 14.9 Å². The highest BCUT2D eigenvalue weighted by molar-refractivity contribution is 5.93. The van der Waals surface area contributed by atoms with Crippen molar-refractivity contribution in [1.29, 1.82) is 5.26 Å². The van der Waals surface area contributed by atoms with Crippen molar-refractivity contribution in [2.24, 2.45) is 5.92 Å². The largest absolute Gasteiger partial charge is 0.373 e. The van der Waals surface area contributed by atoms with E-state index in [1.54, 1.807) is 45.4 Å². The van der Waals surface area contributed by atoms with E-state index in [1.807, 2.05) is 0 Å². The first kappa shape index (κ1) is 19.3. The van der Waals surface area contributed by atoms with Crippen LogP contribution in [0.15, 0.2) is 30.6 Å². The second kappa shape index (κ2) is 8.05. The summed E-state index contributed by atoms with van der Waals surface area (Å²) in [7, 11) is 3.36. The summed E-state index contributed by atoms with van der Waals surface area (Å²) in [6.45, 7) is 1.74. The summed E-state index contributed by atoms with van der Waals surface area (Å²) < 4.78 is 0. The van der Waals surface area contributed by atoms with E-state index >= 15 is 0 Å². The average molecular weight is 378 g/mol. The van der Waals surface area contributed by atoms with E-state index < -0.39 is 6.04 Å². The lowest BCUT2D eigenvalue weighted by Gasteiger charge is -2.20. The van der Waals surface area contributed by atoms with E-state index in [-0.39, 0.29) is 17.7 Å². The van der Waals surface area contributed by atoms with Crippen molar-refractivity contribution in [2.45, 2.75) is 25.8 Å². The highest BCUT2D eigenvalue weighted by Gasteiger charge is 2.29. The van der Waals surface area contributed by atoms with Gasteiger partial charge in [0.2, 0.25) is 11.8 Å². The third-order valence-corrected chi connectivity index (χ3v) is 4.47. The smallest absolute Gasteiger partial charge is 0.244 e. The number of benzene rings is 1. The van der Waals surface area contributed by atoms with Crippen LogP contribution in [0.2, 0.25) is 0 Å². The van der Waals surface area contributed by atoms with Gasteiger partial charge < -0.3 is 15.5 Å². The Morgan fingerprint density at radius 1 is 1.25 bits per heavy atom. The molecule has 3 rings (SSSR count). The van der Waals surface area contributed by atoms with Crippen LogP contribution in [-0.2, 0) is 9.59 Å². The summed E-state index contributed by atoms with van der Waals surface area (Å²) >= 11 is 0. The molecule has 1 aliphatic carbocycles. The van der Waals surface area contributed by atoms with Crippen LogP contribution < -0.4 is 10.6 Å². The van der Waals surface area contributed by atoms with E-state index in [1.165, 1.54) is 11.1 Å². The Morgan fingerprint density at radius 2 is 2.00 bits per heavy atom. The third-order valence-electron chi connectivity index (χ3n) is 4.47. The van der Waals surface area contributed by atoms with Gasteiger partial charge in [-0.05, 0) is 31.9 Å². The first-order valence-electron chi connectivity index (χ1n) is 9.04. The molecule has 0 unspecified atom stereocenters. The van der Waals surface area contributed by atoms with Crippen molar-refractivity contribution in [3.63, 3.8) is 0 Å². The zero-order valence-electron chi connectivity index (χ0n) is 16.1. The van der Waals surface area contributed by atoms with Gasteiger partial charge in [0.15, 0.2) is 5.82 Å². The monoisotopic (exact) mass is 378 g/mol. The number of amides is 2. The van der Waals surface area contributed by atoms with Crippen LogP contribution in [0.25, 0.3) is 11.3 Å². The topological polar surface area (TPSA) is 111 Å². The Labute approximate surface area is 163 Å². The van der Waals surface area contributed by atoms with Gasteiger partial charge in [0.25, 0.3) is 0 Å². The summed E-state index contributed by atoms with van der Waals surface area (Å²) in [5, 5.41) is 15.2. The van der Waals surface area contributed by atoms with Crippen LogP contribution in [0.4, 0.5) is 11.5 Å². The molecule has 1 fully saturated rings. The van der Waals surface area contributed by atoms with Gasteiger partial charge in [-0.2, -0.15) is 5.26 Å². The molecule has 1 aromatic carbocycles. The summed E-state index contributed by atoms with van der Waals surface area (Å²) in [6, 6.07) is 6.86. The van der Waals surface area contributed by atoms with Crippen molar-refractivity contribution >= 4 is 23.3 Å². The van der Waals surface area contributed by atoms with Crippen LogP contribution in [0.1, 0.15) is 25.3 Å². The molecule has 1 heterocycles. The predicted octanol–water partition coefficient (Wildman–Crippen LogP) is 2.25. The number of carbonyl (C=O) groups is 2. The number of hydrogen-bond donors (Lipinski definition) is 2. The van der Waals surface area contributed by atoms with E-state index in [0.29, 0.717) is 22.8 Å². The molecule has 0 spiro atoms. The number of rotatable bonds is 6. The maximum absolute atomic E-state index is 12.1. The minimum atomic E-state index is -0.483. The lowest BCUT2D eigenvalue weighted by Crippen LogP contribution is -2.36. The van der Waals surface area contributed by atoms with Gasteiger partial charge in [-0.25, -0.2) is 4.98 Å². The molecule has 1 aromatic heterocycles. The molecule has 8 heteroatoms. The molecule has 0 aliphatic heterocycles. The number of nitrogens with one attached hydrogen (secondary N) is 2. The van der Waals surface area contributed by atoms with Crippen molar-refractivity contribution in [3.05, 3.63) is 36.2 Å². The molecule has 1 atom stereocenters. The molecule has 2 aromatic rings. The maximum Gasteiger partial charge on any atom is 0.244 e. The lowest BCUT2D eigenvalue weighted by molar-refractivity contribution is -0.129. The minimum Gasteiger partial charge on any atom is -0.373 e. The molecule has 1 saturated carbocycles. The molecule has 1 aliphatic rings. The van der Waals surface area contributed by atoms with Crippen molar-refractivity contribution in [1.82, 2.24) is 14.9 Å². The van der Waals surface area contributed by atoms with Crippen LogP contribution in [0.5, 0.6) is 0 Å². The quantitative estimate of drug-likeness (QED) is 0.797. The van der Waals surface area contributed by atoms with E-state index in [0.717, 1.165) is 18.4 Å². The number of likely N-dealkylation sites (N-methyl/N-ethyl adjacent to an activating group) is 1. The first-order chi connectivity index (χ1) is 13.4. The minimum absolute atomic E-state index is 0.0218. The molecular formula is C20H22N6O2. The normalized spacial score (nSPS) is 13.9. The Bertz CT molecular complexity index is 929. The molecule has 8 nitrogen and oxygen atoms in total. The Morgan fingerprint density at radius 3 is 2.57 bits per heavy atom. The van der Waals surface area contributed by atoms with E-state index in [2.05, 4.69) is 26.7 Å². The number of anilines is 2. The van der Waals surface area contributed by atoms with Gasteiger partial charge in [0.05, 0.1) is 29.3 Å². The van der Waals surface area contributed by atoms with E-state index in [4.69, 9.17) is 0 Å². The third kappa shape index (κ3) is 4.43. The molecule has 2 N–H and O–H groups in total. The highest BCUT2D eigenvalue weighted by atomic mass is 16.2. The first-order valence-corrected chi connectivity index (χ1v) is 9.04. The Kier molecular flexibility index (Phi) is 5.54. The van der Waals surface area contributed by atoms with Crippen molar-refractivity contribution in [2.75, 3.05) is 24.7 Å². The molecule has 0 radical (unpaired) electrons. The predicted molar refractivity (Wildman–Crippen MR) is 105 cm³/mol. The van der Waals surface area contributed by atoms with Gasteiger partial charge >= 0.3 is 0 Å². The number of aromatic nitrogens is 2. The zero-order valence-corrected chi connectivity index (χ0v) is 16.1. The summed E-state index contributed by atoms with van der Waals surface area (Å²) in [4.78, 5) is 34.0. The average Bonchev–Trinajstić information content (AvgIpc) is 3.53. The van der Waals surface area contributed by atoms with Crippen LogP contribution in [-0.4, -0.2) is 46.8 Å². The van der Waals surface area contributed by atoms with Crippen molar-refractivity contribution in [3.8, 4) is 17.3 Å². The fraction of sp³-hybridized carbons (Fsp3) is 0.350. The van der Waals surface area contributed by atoms with Crippen LogP contribution in [0.3, 0.4) is 0 Å². The number of hydrogen-bond acceptors (Lipinski definition) is 6. The molecule has 0 bridgehead atoms. The molecule has 28 heavy (non-hydrogen) atoms. The van der Waals surface area contributed by atoms with Gasteiger partial charge in [0.1, 0.15) is 12.1 Å². The standard InChI is InChI=1S/C20H22N6O2/c1-12(20(28)26(2)3)24-16-8-14(6-7-15(16)9-21)17-10-23-18(11-22-17)25-19(27)13-4-5-13/h6-8,10-13,24H,4-5H2,1-3H3,(H,23,25,27)/t12-/m1/s1. The maximum atomic E-state index is 12.1. The molecule has 2 amide bonds. The molecule has 144 valence electrons. The lowest BCUT2D eigenvalue weighted by atomic mass is 10.1. The van der Waals surface area contributed by atoms with Gasteiger partial charge in [-0.1, -0.05) is 6.07 Å². The van der Waals surface area contributed by atoms with Gasteiger partial charge in [-0.3, -0.25) is 14.6 Å². The number of nitrogens with zero attached hydrogens (tertiary/aromatic N) is 4. The molecular weight excluding hydrogens is 356 g/mol. The second-order valence-corrected chi connectivity index (χ2v) is 7.02. The summed E-state index contributed by atoms with van der Waals surface area (Å²) in [5.74, 6) is 0.398. The highest BCUT2D eigenvalue weighted by Crippen LogP contribution is 2.30. The Balaban J connectivity index is 1.79. The van der Waals surface area contributed by atoms with Crippen molar-refractivity contribution < 1.29 is 9.59 Å². The Hall–Kier alpha value is -3.47.